The van der Waals surface area contributed by atoms with Crippen LogP contribution in [0.1, 0.15) is 25.5 Å². The molecule has 0 saturated heterocycles. The van der Waals surface area contributed by atoms with E-state index in [1.54, 1.807) is 26.2 Å². The van der Waals surface area contributed by atoms with Crippen LogP contribution in [-0.2, 0) is 19.0 Å². The summed E-state index contributed by atoms with van der Waals surface area (Å²) in [4.78, 5) is 25.2. The Bertz CT molecular complexity index is 796. The molecular formula is C19H25N3O6S. The molecule has 0 saturated carbocycles. The zero-order valence-electron chi connectivity index (χ0n) is 16.8. The van der Waals surface area contributed by atoms with Crippen molar-refractivity contribution in [3.63, 3.8) is 0 Å². The first-order valence-corrected chi connectivity index (χ1v) is 9.42. The number of carbonyl (C=O) groups excluding carboxylic acids is 1. The van der Waals surface area contributed by atoms with Gasteiger partial charge in [-0.15, -0.1) is 0 Å². The van der Waals surface area contributed by atoms with E-state index < -0.39 is 16.9 Å². The summed E-state index contributed by atoms with van der Waals surface area (Å²) in [5, 5.41) is 14.5. The molecule has 0 fully saturated rings. The Kier molecular flexibility index (Phi) is 8.06. The molecule has 0 amide bonds. The highest BCUT2D eigenvalue weighted by atomic mass is 32.1. The smallest absolute Gasteiger partial charge is 0.338 e. The number of esters is 1. The first-order chi connectivity index (χ1) is 13.8. The van der Waals surface area contributed by atoms with E-state index in [0.717, 1.165) is 0 Å². The largest absolute Gasteiger partial charge is 0.460 e. The zero-order chi connectivity index (χ0) is 21.6. The van der Waals surface area contributed by atoms with Gasteiger partial charge < -0.3 is 24.4 Å². The van der Waals surface area contributed by atoms with Crippen LogP contribution in [0.4, 0.5) is 5.69 Å². The summed E-state index contributed by atoms with van der Waals surface area (Å²) in [5.41, 5.74) is 1.65. The lowest BCUT2D eigenvalue weighted by Crippen LogP contribution is -2.52. The Balaban J connectivity index is 2.46. The molecule has 2 atom stereocenters. The van der Waals surface area contributed by atoms with Gasteiger partial charge in [0.05, 0.1) is 35.8 Å². The Morgan fingerprint density at radius 3 is 2.48 bits per heavy atom. The third-order valence-electron chi connectivity index (χ3n) is 4.55. The fourth-order valence-electron chi connectivity index (χ4n) is 3.20. The lowest BCUT2D eigenvalue weighted by atomic mass is 9.94. The number of non-ortho nitro benzene ring substituents is 1. The molecule has 1 aromatic rings. The number of nitro groups is 1. The third-order valence-corrected chi connectivity index (χ3v) is 4.87. The monoisotopic (exact) mass is 423 g/mol. The van der Waals surface area contributed by atoms with Gasteiger partial charge in [-0.25, -0.2) is 4.79 Å². The highest BCUT2D eigenvalue weighted by molar-refractivity contribution is 7.80. The van der Waals surface area contributed by atoms with Crippen LogP contribution >= 0.6 is 12.2 Å². The molecule has 0 radical (unpaired) electrons. The van der Waals surface area contributed by atoms with E-state index in [4.69, 9.17) is 26.4 Å². The SMILES string of the molecule is COCCOC(=O)C1=C(C)N([C@H](C)COC)C(=S)N[C@@H]1c1ccc([N+](=O)[O-])cc1. The zero-order valence-corrected chi connectivity index (χ0v) is 17.7. The summed E-state index contributed by atoms with van der Waals surface area (Å²) < 4.78 is 15.5. The van der Waals surface area contributed by atoms with Crippen molar-refractivity contribution < 1.29 is 23.9 Å². The summed E-state index contributed by atoms with van der Waals surface area (Å²) in [6.07, 6.45) is 0. The van der Waals surface area contributed by atoms with Crippen molar-refractivity contribution >= 4 is 29.0 Å². The molecular weight excluding hydrogens is 398 g/mol. The number of methoxy groups -OCH3 is 2. The quantitative estimate of drug-likeness (QED) is 0.211. The van der Waals surface area contributed by atoms with E-state index in [2.05, 4.69) is 5.32 Å². The minimum atomic E-state index is -0.593. The lowest BCUT2D eigenvalue weighted by Gasteiger charge is -2.40. The van der Waals surface area contributed by atoms with Crippen LogP contribution in [0.25, 0.3) is 0 Å². The molecule has 2 rings (SSSR count). The third kappa shape index (κ3) is 5.28. The highest BCUT2D eigenvalue weighted by Crippen LogP contribution is 2.33. The van der Waals surface area contributed by atoms with Crippen LogP contribution in [-0.4, -0.2) is 61.0 Å². The highest BCUT2D eigenvalue weighted by Gasteiger charge is 2.36. The maximum atomic E-state index is 12.9. The molecule has 1 N–H and O–H groups in total. The number of ether oxygens (including phenoxy) is 3. The van der Waals surface area contributed by atoms with E-state index in [-0.39, 0.29) is 24.9 Å². The van der Waals surface area contributed by atoms with Crippen molar-refractivity contribution in [1.82, 2.24) is 10.2 Å². The molecule has 1 aliphatic heterocycles. The van der Waals surface area contributed by atoms with Crippen LogP contribution in [0.15, 0.2) is 35.5 Å². The molecule has 1 aromatic carbocycles. The maximum absolute atomic E-state index is 12.9. The van der Waals surface area contributed by atoms with Crippen molar-refractivity contribution in [2.45, 2.75) is 25.9 Å². The number of hydrogen-bond donors (Lipinski definition) is 1. The van der Waals surface area contributed by atoms with Crippen LogP contribution in [0, 0.1) is 10.1 Å². The van der Waals surface area contributed by atoms with Gasteiger partial charge in [0.1, 0.15) is 6.61 Å². The molecule has 9 nitrogen and oxygen atoms in total. The normalized spacial score (nSPS) is 17.7. The summed E-state index contributed by atoms with van der Waals surface area (Å²) >= 11 is 5.53. The van der Waals surface area contributed by atoms with Crippen molar-refractivity contribution in [3.05, 3.63) is 51.2 Å². The standard InChI is InChI=1S/C19H25N3O6S/c1-12(11-27-4)21-13(2)16(18(23)28-10-9-26-3)17(20-19(21)29)14-5-7-15(8-6-14)22(24)25/h5-8,12,17H,9-11H2,1-4H3,(H,20,29)/t12-,17-/m1/s1. The predicted molar refractivity (Wildman–Crippen MR) is 110 cm³/mol. The number of allylic oxidation sites excluding steroid dienone is 1. The van der Waals surface area contributed by atoms with Gasteiger partial charge in [-0.3, -0.25) is 10.1 Å². The topological polar surface area (TPSA) is 103 Å². The minimum absolute atomic E-state index is 0.0348. The van der Waals surface area contributed by atoms with Gasteiger partial charge in [0, 0.05) is 32.0 Å². The van der Waals surface area contributed by atoms with Gasteiger partial charge >= 0.3 is 5.97 Å². The summed E-state index contributed by atoms with van der Waals surface area (Å²) in [6, 6.07) is 5.28. The first-order valence-electron chi connectivity index (χ1n) is 9.01. The average molecular weight is 423 g/mol. The number of hydrogen-bond acceptors (Lipinski definition) is 7. The Morgan fingerprint density at radius 1 is 1.28 bits per heavy atom. The van der Waals surface area contributed by atoms with Crippen molar-refractivity contribution in [2.24, 2.45) is 0 Å². The van der Waals surface area contributed by atoms with Gasteiger partial charge in [-0.05, 0) is 43.8 Å². The fourth-order valence-corrected chi connectivity index (χ4v) is 3.64. The lowest BCUT2D eigenvalue weighted by molar-refractivity contribution is -0.384. The Morgan fingerprint density at radius 2 is 1.93 bits per heavy atom. The average Bonchev–Trinajstić information content (AvgIpc) is 2.68. The molecule has 0 aromatic heterocycles. The second-order valence-corrected chi connectivity index (χ2v) is 6.92. The Hall–Kier alpha value is -2.56. The van der Waals surface area contributed by atoms with E-state index in [1.807, 2.05) is 11.8 Å². The number of benzene rings is 1. The first kappa shape index (κ1) is 22.7. The van der Waals surface area contributed by atoms with Crippen LogP contribution in [0.5, 0.6) is 0 Å². The van der Waals surface area contributed by atoms with Crippen molar-refractivity contribution in [2.75, 3.05) is 34.0 Å². The minimum Gasteiger partial charge on any atom is -0.460 e. The maximum Gasteiger partial charge on any atom is 0.338 e. The molecule has 158 valence electrons. The van der Waals surface area contributed by atoms with E-state index in [9.17, 15) is 14.9 Å². The van der Waals surface area contributed by atoms with Crippen LogP contribution in [0.2, 0.25) is 0 Å². The molecule has 1 aliphatic rings. The molecule has 1 heterocycles. The molecule has 0 bridgehead atoms. The van der Waals surface area contributed by atoms with Crippen LogP contribution in [0.3, 0.4) is 0 Å². The van der Waals surface area contributed by atoms with Gasteiger partial charge in [0.2, 0.25) is 0 Å². The number of nitrogens with one attached hydrogen (secondary N) is 1. The fraction of sp³-hybridized carbons (Fsp3) is 0.474. The van der Waals surface area contributed by atoms with Gasteiger partial charge in [-0.2, -0.15) is 0 Å². The number of nitro benzene ring substituents is 1. The van der Waals surface area contributed by atoms with Gasteiger partial charge in [0.25, 0.3) is 5.69 Å². The number of rotatable bonds is 9. The van der Waals surface area contributed by atoms with Crippen molar-refractivity contribution in [3.8, 4) is 0 Å². The predicted octanol–water partition coefficient (Wildman–Crippen LogP) is 2.32. The number of carbonyl (C=O) groups is 1. The van der Waals surface area contributed by atoms with Gasteiger partial charge in [0.15, 0.2) is 5.11 Å². The van der Waals surface area contributed by atoms with E-state index >= 15 is 0 Å². The number of thiocarbonyl (C=S) groups is 1. The van der Waals surface area contributed by atoms with E-state index in [1.165, 1.54) is 19.2 Å². The number of nitrogens with zero attached hydrogens (tertiary/aromatic N) is 2. The summed E-state index contributed by atoms with van der Waals surface area (Å²) in [7, 11) is 3.11. The molecule has 0 spiro atoms. The molecule has 29 heavy (non-hydrogen) atoms. The Labute approximate surface area is 174 Å². The van der Waals surface area contributed by atoms with E-state index in [0.29, 0.717) is 28.6 Å². The summed E-state index contributed by atoms with van der Waals surface area (Å²) in [5.74, 6) is -0.507. The second-order valence-electron chi connectivity index (χ2n) is 6.53. The second kappa shape index (κ2) is 10.3. The van der Waals surface area contributed by atoms with Crippen LogP contribution < -0.4 is 5.32 Å². The van der Waals surface area contributed by atoms with Crippen molar-refractivity contribution in [1.29, 1.82) is 0 Å². The molecule has 0 unspecified atom stereocenters. The van der Waals surface area contributed by atoms with Gasteiger partial charge in [-0.1, -0.05) is 0 Å². The molecule has 0 aliphatic carbocycles. The molecule has 10 heteroatoms. The summed E-state index contributed by atoms with van der Waals surface area (Å²) in [6.45, 7) is 4.52.